The molecule has 0 bridgehead atoms. The van der Waals surface area contributed by atoms with E-state index < -0.39 is 0 Å². The summed E-state index contributed by atoms with van der Waals surface area (Å²) >= 11 is 0. The van der Waals surface area contributed by atoms with Gasteiger partial charge in [-0.15, -0.1) is 0 Å². The molecule has 3 rings (SSSR count). The smallest absolute Gasteiger partial charge is 0.290 e. The minimum atomic E-state index is -0.250. The summed E-state index contributed by atoms with van der Waals surface area (Å²) in [6.07, 6.45) is 3.50. The highest BCUT2D eigenvalue weighted by atomic mass is 16.5. The quantitative estimate of drug-likeness (QED) is 0.446. The number of unbranched alkanes of at least 4 members (excludes halogenated alkanes) is 1. The second kappa shape index (κ2) is 13.3. The molecule has 3 N–H and O–H groups in total. The molecule has 0 radical (unpaired) electrons. The van der Waals surface area contributed by atoms with E-state index in [1.165, 1.54) is 0 Å². The van der Waals surface area contributed by atoms with Crippen LogP contribution in [0.2, 0.25) is 0 Å². The van der Waals surface area contributed by atoms with Crippen LogP contribution in [0.15, 0.2) is 30.3 Å². The Balaban J connectivity index is 0.00000101. The molecule has 0 aliphatic carbocycles. The molecular weight excluding hydrogens is 388 g/mol. The molecule has 164 valence electrons. The number of nitrogens with one attached hydrogen (secondary N) is 2. The largest absolute Gasteiger partial charge is 0.497 e. The maximum Gasteiger partial charge on any atom is 0.290 e. The van der Waals surface area contributed by atoms with Crippen molar-refractivity contribution in [3.8, 4) is 17.0 Å². The van der Waals surface area contributed by atoms with Gasteiger partial charge in [-0.25, -0.2) is 0 Å². The number of amides is 1. The molecule has 2 aromatic rings. The van der Waals surface area contributed by atoms with Crippen LogP contribution in [0.5, 0.6) is 5.75 Å². The fraction of sp³-hybridized carbons (Fsp3) is 0.476. The molecule has 1 saturated heterocycles. The number of hydrogen-bond donors (Lipinski definition) is 3. The maximum atomic E-state index is 12.1. The first-order valence-electron chi connectivity index (χ1n) is 10.0. The summed E-state index contributed by atoms with van der Waals surface area (Å²) in [5, 5.41) is 16.9. The lowest BCUT2D eigenvalue weighted by Crippen LogP contribution is -2.27. The molecule has 1 aliphatic rings. The van der Waals surface area contributed by atoms with E-state index in [9.17, 15) is 4.79 Å². The van der Waals surface area contributed by atoms with Crippen LogP contribution in [0.4, 0.5) is 5.82 Å². The maximum absolute atomic E-state index is 12.1. The third-order valence-electron chi connectivity index (χ3n) is 4.69. The molecule has 1 aromatic heterocycles. The minimum Gasteiger partial charge on any atom is -0.497 e. The highest BCUT2D eigenvalue weighted by Gasteiger charge is 2.10. The van der Waals surface area contributed by atoms with Gasteiger partial charge < -0.3 is 24.8 Å². The highest BCUT2D eigenvalue weighted by Crippen LogP contribution is 2.22. The molecule has 1 amide bonds. The molecule has 1 aliphatic heterocycles. The molecule has 9 heteroatoms. The van der Waals surface area contributed by atoms with Gasteiger partial charge in [-0.2, -0.15) is 5.10 Å². The summed E-state index contributed by atoms with van der Waals surface area (Å²) in [5.41, 5.74) is 1.85. The zero-order valence-corrected chi connectivity index (χ0v) is 17.3. The van der Waals surface area contributed by atoms with E-state index >= 15 is 0 Å². The van der Waals surface area contributed by atoms with Crippen molar-refractivity contribution < 1.29 is 24.2 Å². The molecule has 0 atom stereocenters. The van der Waals surface area contributed by atoms with Crippen molar-refractivity contribution in [2.45, 2.75) is 25.7 Å². The zero-order valence-electron chi connectivity index (χ0n) is 17.3. The van der Waals surface area contributed by atoms with Gasteiger partial charge in [0.2, 0.25) is 5.91 Å². The summed E-state index contributed by atoms with van der Waals surface area (Å²) in [7, 11) is 1.64. The number of carbonyl (C=O) groups is 2. The number of aromatic nitrogens is 2. The predicted octanol–water partition coefficient (Wildman–Crippen LogP) is 2.62. The van der Waals surface area contributed by atoms with Crippen LogP contribution in [0.3, 0.4) is 0 Å². The van der Waals surface area contributed by atoms with Crippen LogP contribution >= 0.6 is 0 Å². The number of methoxy groups -OCH3 is 1. The molecule has 0 saturated carbocycles. The Bertz CT molecular complexity index is 755. The average Bonchev–Trinajstić information content (AvgIpc) is 3.06. The number of anilines is 1. The number of hydrogen-bond acceptors (Lipinski definition) is 6. The van der Waals surface area contributed by atoms with Gasteiger partial charge in [0.15, 0.2) is 5.82 Å². The Kier molecular flexibility index (Phi) is 10.4. The third kappa shape index (κ3) is 8.22. The van der Waals surface area contributed by atoms with Crippen molar-refractivity contribution in [3.63, 3.8) is 0 Å². The Morgan fingerprint density at radius 2 is 2.07 bits per heavy atom. The van der Waals surface area contributed by atoms with E-state index in [2.05, 4.69) is 20.4 Å². The van der Waals surface area contributed by atoms with Crippen molar-refractivity contribution in [3.05, 3.63) is 30.3 Å². The number of benzene rings is 1. The number of carboxylic acid groups (broad SMARTS) is 1. The van der Waals surface area contributed by atoms with E-state index in [0.29, 0.717) is 12.2 Å². The van der Waals surface area contributed by atoms with E-state index in [0.717, 1.165) is 69.1 Å². The van der Waals surface area contributed by atoms with Crippen LogP contribution in [-0.4, -0.2) is 72.5 Å². The van der Waals surface area contributed by atoms with E-state index in [4.69, 9.17) is 19.4 Å². The van der Waals surface area contributed by atoms with Gasteiger partial charge >= 0.3 is 0 Å². The standard InChI is InChI=1S/C20H28N4O3.CH2O2/c1-26-17-8-6-16(7-9-17)18-15-19(23-22-18)21-20(25)5-2-3-10-24-11-4-13-27-14-12-24;2-1-3/h6-9,15H,2-5,10-14H2,1H3,(H2,21,22,23,25);1H,(H,2,3). The van der Waals surface area contributed by atoms with Crippen molar-refractivity contribution >= 4 is 18.2 Å². The predicted molar refractivity (Wildman–Crippen MR) is 114 cm³/mol. The summed E-state index contributed by atoms with van der Waals surface area (Å²) in [5.74, 6) is 1.36. The monoisotopic (exact) mass is 418 g/mol. The second-order valence-corrected chi connectivity index (χ2v) is 6.81. The number of carbonyl (C=O) groups excluding carboxylic acids is 1. The van der Waals surface area contributed by atoms with Crippen LogP contribution in [-0.2, 0) is 14.3 Å². The molecule has 0 unspecified atom stereocenters. The molecule has 9 nitrogen and oxygen atoms in total. The van der Waals surface area contributed by atoms with Crippen molar-refractivity contribution in [1.82, 2.24) is 15.1 Å². The molecule has 2 heterocycles. The van der Waals surface area contributed by atoms with Crippen LogP contribution in [0.1, 0.15) is 25.7 Å². The topological polar surface area (TPSA) is 117 Å². The Morgan fingerprint density at radius 1 is 1.30 bits per heavy atom. The lowest BCUT2D eigenvalue weighted by atomic mass is 10.1. The fourth-order valence-corrected chi connectivity index (χ4v) is 3.15. The van der Waals surface area contributed by atoms with Crippen molar-refractivity contribution in [2.24, 2.45) is 0 Å². The van der Waals surface area contributed by atoms with Gasteiger partial charge in [0, 0.05) is 32.2 Å². The average molecular weight is 418 g/mol. The van der Waals surface area contributed by atoms with Crippen LogP contribution < -0.4 is 10.1 Å². The van der Waals surface area contributed by atoms with Gasteiger partial charge in [0.25, 0.3) is 6.47 Å². The number of H-pyrrole nitrogens is 1. The van der Waals surface area contributed by atoms with Gasteiger partial charge in [-0.3, -0.25) is 14.7 Å². The van der Waals surface area contributed by atoms with Gasteiger partial charge in [0.1, 0.15) is 5.75 Å². The van der Waals surface area contributed by atoms with Crippen LogP contribution in [0.25, 0.3) is 11.3 Å². The summed E-state index contributed by atoms with van der Waals surface area (Å²) in [4.78, 5) is 22.9. The first-order valence-corrected chi connectivity index (χ1v) is 10.0. The first-order chi connectivity index (χ1) is 14.7. The highest BCUT2D eigenvalue weighted by molar-refractivity contribution is 5.90. The normalized spacial score (nSPS) is 14.2. The summed E-state index contributed by atoms with van der Waals surface area (Å²) in [6.45, 7) is 4.54. The van der Waals surface area contributed by atoms with Gasteiger partial charge in [0.05, 0.1) is 19.4 Å². The lowest BCUT2D eigenvalue weighted by molar-refractivity contribution is -0.123. The SMILES string of the molecule is COc1ccc(-c2cc(NC(=O)CCCCN3CCCOCC3)n[nH]2)cc1.O=CO. The fourth-order valence-electron chi connectivity index (χ4n) is 3.15. The molecular formula is C21H30N4O5. The molecule has 0 spiro atoms. The molecule has 30 heavy (non-hydrogen) atoms. The van der Waals surface area contributed by atoms with Crippen molar-refractivity contribution in [1.29, 1.82) is 0 Å². The lowest BCUT2D eigenvalue weighted by Gasteiger charge is -2.18. The van der Waals surface area contributed by atoms with E-state index in [-0.39, 0.29) is 12.4 Å². The summed E-state index contributed by atoms with van der Waals surface area (Å²) in [6, 6.07) is 9.53. The number of rotatable bonds is 8. The van der Waals surface area contributed by atoms with E-state index in [1.54, 1.807) is 7.11 Å². The Labute approximate surface area is 176 Å². The Hall–Kier alpha value is -2.91. The van der Waals surface area contributed by atoms with E-state index in [1.807, 2.05) is 30.3 Å². The number of nitrogens with zero attached hydrogens (tertiary/aromatic N) is 2. The van der Waals surface area contributed by atoms with Crippen LogP contribution in [0, 0.1) is 0 Å². The van der Waals surface area contributed by atoms with Gasteiger partial charge in [-0.05, 0) is 55.6 Å². The molecule has 1 aromatic carbocycles. The number of ether oxygens (including phenoxy) is 2. The third-order valence-corrected chi connectivity index (χ3v) is 4.69. The van der Waals surface area contributed by atoms with Gasteiger partial charge in [-0.1, -0.05) is 0 Å². The molecule has 1 fully saturated rings. The van der Waals surface area contributed by atoms with Crippen molar-refractivity contribution in [2.75, 3.05) is 45.3 Å². The number of aromatic amines is 1. The summed E-state index contributed by atoms with van der Waals surface area (Å²) < 4.78 is 10.6. The second-order valence-electron chi connectivity index (χ2n) is 6.81. The minimum absolute atomic E-state index is 0.00183. The zero-order chi connectivity index (χ0) is 21.6. The first kappa shape index (κ1) is 23.4. The Morgan fingerprint density at radius 3 is 2.80 bits per heavy atom.